The first kappa shape index (κ1) is 8.87. The molecule has 1 atom stereocenters. The summed E-state index contributed by atoms with van der Waals surface area (Å²) in [6.07, 6.45) is 0.418. The number of benzene rings is 1. The average molecular weight is 191 g/mol. The van der Waals surface area contributed by atoms with E-state index in [2.05, 4.69) is 5.18 Å². The highest BCUT2D eigenvalue weighted by atomic mass is 16.5. The van der Waals surface area contributed by atoms with Crippen LogP contribution in [0.5, 0.6) is 5.75 Å². The third-order valence-electron chi connectivity index (χ3n) is 2.43. The Bertz CT molecular complexity index is 400. The van der Waals surface area contributed by atoms with Crippen LogP contribution in [0.25, 0.3) is 0 Å². The standard InChI is InChI=1S/C10H9NO3/c1-14-7-3-2-6-4-9(11-13)10(12)8(6)5-7/h2-3,5,9H,4H2,1H3/t9-/m1/s1. The molecule has 4 nitrogen and oxygen atoms in total. The van der Waals surface area contributed by atoms with Gasteiger partial charge in [0.15, 0.2) is 11.8 Å². The van der Waals surface area contributed by atoms with E-state index in [1.807, 2.05) is 0 Å². The molecule has 0 amide bonds. The number of methoxy groups -OCH3 is 1. The van der Waals surface area contributed by atoms with Crippen molar-refractivity contribution in [2.24, 2.45) is 5.18 Å². The summed E-state index contributed by atoms with van der Waals surface area (Å²) >= 11 is 0. The lowest BCUT2D eigenvalue weighted by molar-refractivity contribution is 0.0975. The van der Waals surface area contributed by atoms with Gasteiger partial charge in [0, 0.05) is 12.0 Å². The second kappa shape index (κ2) is 3.21. The molecule has 0 unspecified atom stereocenters. The number of carbonyl (C=O) groups excluding carboxylic acids is 1. The lowest BCUT2D eigenvalue weighted by Gasteiger charge is -2.01. The maximum Gasteiger partial charge on any atom is 0.191 e. The van der Waals surface area contributed by atoms with Crippen molar-refractivity contribution in [2.75, 3.05) is 7.11 Å². The molecular formula is C10H9NO3. The predicted molar refractivity (Wildman–Crippen MR) is 50.6 cm³/mol. The molecule has 1 aliphatic carbocycles. The number of Topliss-reactive ketones (excluding diaryl/α,β-unsaturated/α-hetero) is 1. The van der Waals surface area contributed by atoms with Gasteiger partial charge in [0.2, 0.25) is 0 Å². The highest BCUT2D eigenvalue weighted by molar-refractivity contribution is 6.04. The summed E-state index contributed by atoms with van der Waals surface area (Å²) in [5.41, 5.74) is 1.44. The molecule has 1 aliphatic rings. The fraction of sp³-hybridized carbons (Fsp3) is 0.300. The van der Waals surface area contributed by atoms with Crippen LogP contribution in [0, 0.1) is 4.91 Å². The van der Waals surface area contributed by atoms with Gasteiger partial charge in [-0.3, -0.25) is 4.79 Å². The Balaban J connectivity index is 2.44. The van der Waals surface area contributed by atoms with Crippen molar-refractivity contribution in [2.45, 2.75) is 12.5 Å². The predicted octanol–water partition coefficient (Wildman–Crippen LogP) is 1.57. The minimum atomic E-state index is -0.739. The zero-order valence-corrected chi connectivity index (χ0v) is 7.69. The van der Waals surface area contributed by atoms with Gasteiger partial charge in [-0.05, 0) is 17.7 Å². The molecule has 0 radical (unpaired) electrons. The van der Waals surface area contributed by atoms with E-state index < -0.39 is 6.04 Å². The summed E-state index contributed by atoms with van der Waals surface area (Å²) in [7, 11) is 1.54. The van der Waals surface area contributed by atoms with Gasteiger partial charge in [-0.1, -0.05) is 11.2 Å². The molecule has 0 fully saturated rings. The van der Waals surface area contributed by atoms with Crippen LogP contribution < -0.4 is 4.74 Å². The fourth-order valence-corrected chi connectivity index (χ4v) is 1.66. The summed E-state index contributed by atoms with van der Waals surface area (Å²) in [6, 6.07) is 4.50. The quantitative estimate of drug-likeness (QED) is 0.666. The number of ketones is 1. The molecule has 0 heterocycles. The molecule has 1 aromatic rings. The van der Waals surface area contributed by atoms with E-state index in [1.54, 1.807) is 18.2 Å². The minimum Gasteiger partial charge on any atom is -0.497 e. The molecule has 0 bridgehead atoms. The van der Waals surface area contributed by atoms with E-state index in [0.29, 0.717) is 17.7 Å². The Hall–Kier alpha value is -1.71. The first-order valence-electron chi connectivity index (χ1n) is 4.30. The molecule has 0 spiro atoms. The fourth-order valence-electron chi connectivity index (χ4n) is 1.66. The number of hydrogen-bond donors (Lipinski definition) is 0. The maximum atomic E-state index is 11.5. The van der Waals surface area contributed by atoms with Crippen LogP contribution >= 0.6 is 0 Å². The number of rotatable bonds is 2. The Labute approximate surface area is 80.9 Å². The molecule has 14 heavy (non-hydrogen) atoms. The van der Waals surface area contributed by atoms with Crippen LogP contribution in [0.15, 0.2) is 23.4 Å². The molecule has 72 valence electrons. The van der Waals surface area contributed by atoms with Gasteiger partial charge >= 0.3 is 0 Å². The summed E-state index contributed by atoms with van der Waals surface area (Å²) in [6.45, 7) is 0. The van der Waals surface area contributed by atoms with E-state index >= 15 is 0 Å². The first-order chi connectivity index (χ1) is 6.76. The van der Waals surface area contributed by atoms with E-state index in [0.717, 1.165) is 5.56 Å². The number of hydrogen-bond acceptors (Lipinski definition) is 4. The number of ether oxygens (including phenoxy) is 1. The molecule has 0 saturated carbocycles. The Kier molecular flexibility index (Phi) is 2.04. The smallest absolute Gasteiger partial charge is 0.191 e. The van der Waals surface area contributed by atoms with Crippen LogP contribution in [-0.2, 0) is 6.42 Å². The van der Waals surface area contributed by atoms with Gasteiger partial charge in [0.1, 0.15) is 5.75 Å². The molecule has 4 heteroatoms. The summed E-state index contributed by atoms with van der Waals surface area (Å²) in [5, 5.41) is 2.80. The molecule has 0 aliphatic heterocycles. The molecule has 2 rings (SSSR count). The van der Waals surface area contributed by atoms with Gasteiger partial charge in [-0.25, -0.2) is 0 Å². The second-order valence-corrected chi connectivity index (χ2v) is 3.21. The zero-order chi connectivity index (χ0) is 10.1. The van der Waals surface area contributed by atoms with Gasteiger partial charge in [-0.15, -0.1) is 0 Å². The van der Waals surface area contributed by atoms with Crippen LogP contribution in [-0.4, -0.2) is 18.9 Å². The monoisotopic (exact) mass is 191 g/mol. The first-order valence-corrected chi connectivity index (χ1v) is 4.30. The van der Waals surface area contributed by atoms with Crippen molar-refractivity contribution in [1.82, 2.24) is 0 Å². The minimum absolute atomic E-state index is 0.200. The van der Waals surface area contributed by atoms with E-state index in [-0.39, 0.29) is 5.78 Å². The third kappa shape index (κ3) is 1.19. The zero-order valence-electron chi connectivity index (χ0n) is 7.69. The second-order valence-electron chi connectivity index (χ2n) is 3.21. The lowest BCUT2D eigenvalue weighted by Crippen LogP contribution is -2.11. The number of carbonyl (C=O) groups is 1. The van der Waals surface area contributed by atoms with Crippen molar-refractivity contribution in [3.8, 4) is 5.75 Å². The Morgan fingerprint density at radius 2 is 2.29 bits per heavy atom. The van der Waals surface area contributed by atoms with Crippen LogP contribution in [0.4, 0.5) is 0 Å². The Morgan fingerprint density at radius 1 is 1.50 bits per heavy atom. The number of fused-ring (bicyclic) bond motifs is 1. The number of nitrogens with zero attached hydrogens (tertiary/aromatic N) is 1. The molecule has 0 aromatic heterocycles. The highest BCUT2D eigenvalue weighted by Crippen LogP contribution is 2.27. The Morgan fingerprint density at radius 3 is 2.93 bits per heavy atom. The van der Waals surface area contributed by atoms with Gasteiger partial charge in [-0.2, -0.15) is 4.91 Å². The SMILES string of the molecule is COc1ccc2c(c1)C(=O)[C@H](N=O)C2. The largest absolute Gasteiger partial charge is 0.497 e. The van der Waals surface area contributed by atoms with E-state index in [1.165, 1.54) is 7.11 Å². The summed E-state index contributed by atoms with van der Waals surface area (Å²) in [4.78, 5) is 21.9. The van der Waals surface area contributed by atoms with Crippen molar-refractivity contribution in [3.05, 3.63) is 34.2 Å². The van der Waals surface area contributed by atoms with E-state index in [4.69, 9.17) is 4.74 Å². The summed E-state index contributed by atoms with van der Waals surface area (Å²) < 4.78 is 5.00. The average Bonchev–Trinajstić information content (AvgIpc) is 2.55. The lowest BCUT2D eigenvalue weighted by atomic mass is 10.1. The number of nitroso groups, excluding NO2 is 1. The molecular weight excluding hydrogens is 182 g/mol. The van der Waals surface area contributed by atoms with Gasteiger partial charge in [0.25, 0.3) is 0 Å². The van der Waals surface area contributed by atoms with Crippen molar-refractivity contribution in [3.63, 3.8) is 0 Å². The van der Waals surface area contributed by atoms with Crippen LogP contribution in [0.2, 0.25) is 0 Å². The van der Waals surface area contributed by atoms with Crippen molar-refractivity contribution in [1.29, 1.82) is 0 Å². The van der Waals surface area contributed by atoms with Crippen LogP contribution in [0.1, 0.15) is 15.9 Å². The van der Waals surface area contributed by atoms with Crippen molar-refractivity contribution >= 4 is 5.78 Å². The van der Waals surface area contributed by atoms with Crippen LogP contribution in [0.3, 0.4) is 0 Å². The van der Waals surface area contributed by atoms with Gasteiger partial charge in [0.05, 0.1) is 7.11 Å². The normalized spacial score (nSPS) is 19.2. The molecule has 0 saturated heterocycles. The summed E-state index contributed by atoms with van der Waals surface area (Å²) in [5.74, 6) is 0.428. The topological polar surface area (TPSA) is 55.7 Å². The third-order valence-corrected chi connectivity index (χ3v) is 2.43. The molecule has 1 aromatic carbocycles. The van der Waals surface area contributed by atoms with E-state index in [9.17, 15) is 9.70 Å². The van der Waals surface area contributed by atoms with Crippen molar-refractivity contribution < 1.29 is 9.53 Å². The molecule has 0 N–H and O–H groups in total. The highest BCUT2D eigenvalue weighted by Gasteiger charge is 2.31. The maximum absolute atomic E-state index is 11.5. The van der Waals surface area contributed by atoms with Gasteiger partial charge < -0.3 is 4.74 Å².